The van der Waals surface area contributed by atoms with Crippen LogP contribution in [0.3, 0.4) is 0 Å². The van der Waals surface area contributed by atoms with E-state index < -0.39 is 0 Å². The van der Waals surface area contributed by atoms with E-state index in [1.807, 2.05) is 52.0 Å². The summed E-state index contributed by atoms with van der Waals surface area (Å²) in [6.45, 7) is 7.83. The molecule has 4 heteroatoms. The van der Waals surface area contributed by atoms with Crippen molar-refractivity contribution in [2.24, 2.45) is 0 Å². The van der Waals surface area contributed by atoms with Crippen LogP contribution in [0.1, 0.15) is 43.6 Å². The van der Waals surface area contributed by atoms with Gasteiger partial charge < -0.3 is 14.2 Å². The van der Waals surface area contributed by atoms with Crippen molar-refractivity contribution in [1.29, 1.82) is 0 Å². The summed E-state index contributed by atoms with van der Waals surface area (Å²) in [6.07, 6.45) is 0.0386. The lowest BCUT2D eigenvalue weighted by Crippen LogP contribution is -2.07. The summed E-state index contributed by atoms with van der Waals surface area (Å²) in [5.74, 6) is 1.93. The first-order chi connectivity index (χ1) is 11.4. The molecule has 0 saturated carbocycles. The van der Waals surface area contributed by atoms with Crippen molar-refractivity contribution in [3.05, 3.63) is 41.5 Å². The van der Waals surface area contributed by atoms with Crippen LogP contribution in [-0.2, 0) is 0 Å². The van der Waals surface area contributed by atoms with E-state index in [1.54, 1.807) is 13.2 Å². The Balaban J connectivity index is 2.22. The second-order valence-corrected chi connectivity index (χ2v) is 6.39. The molecule has 2 aromatic rings. The van der Waals surface area contributed by atoms with Crippen molar-refractivity contribution in [2.75, 3.05) is 7.11 Å². The van der Waals surface area contributed by atoms with Gasteiger partial charge in [-0.3, -0.25) is 4.79 Å². The average molecular weight is 326 g/mol. The van der Waals surface area contributed by atoms with E-state index in [4.69, 9.17) is 14.2 Å². The Kier molecular flexibility index (Phi) is 4.22. The molecule has 0 aliphatic heterocycles. The number of carbonyl (C=O) groups excluding carboxylic acids is 1. The van der Waals surface area contributed by atoms with Crippen molar-refractivity contribution in [3.63, 3.8) is 0 Å². The largest absolute Gasteiger partial charge is 0.496 e. The molecule has 0 atom stereocenters. The monoisotopic (exact) mass is 326 g/mol. The number of hydrogen-bond acceptors (Lipinski definition) is 4. The average Bonchev–Trinajstić information content (AvgIpc) is 2.80. The topological polar surface area (TPSA) is 44.8 Å². The van der Waals surface area contributed by atoms with E-state index in [0.29, 0.717) is 28.4 Å². The molecule has 0 fully saturated rings. The summed E-state index contributed by atoms with van der Waals surface area (Å²) in [5.41, 5.74) is 2.83. The van der Waals surface area contributed by atoms with E-state index in [0.717, 1.165) is 11.1 Å². The number of ether oxygens (including phenoxy) is 3. The third-order valence-electron chi connectivity index (χ3n) is 3.80. The molecular formula is C20H22O4. The molecule has 24 heavy (non-hydrogen) atoms. The molecule has 0 radical (unpaired) electrons. The van der Waals surface area contributed by atoms with Gasteiger partial charge in [0.1, 0.15) is 17.2 Å². The van der Waals surface area contributed by atoms with Gasteiger partial charge in [-0.15, -0.1) is 0 Å². The van der Waals surface area contributed by atoms with Crippen LogP contribution in [0.15, 0.2) is 30.3 Å². The van der Waals surface area contributed by atoms with Crippen LogP contribution < -0.4 is 14.2 Å². The van der Waals surface area contributed by atoms with Crippen LogP contribution in [0.25, 0.3) is 11.1 Å². The Hall–Kier alpha value is -2.49. The molecule has 1 aliphatic rings. The first-order valence-electron chi connectivity index (χ1n) is 8.15. The number of carbonyl (C=O) groups is 1. The molecule has 2 aromatic carbocycles. The van der Waals surface area contributed by atoms with Gasteiger partial charge in [0.25, 0.3) is 0 Å². The third kappa shape index (κ3) is 2.73. The Morgan fingerprint density at radius 2 is 1.50 bits per heavy atom. The van der Waals surface area contributed by atoms with Crippen LogP contribution in [0.4, 0.5) is 0 Å². The van der Waals surface area contributed by atoms with Crippen LogP contribution in [0.5, 0.6) is 17.2 Å². The van der Waals surface area contributed by atoms with Gasteiger partial charge in [0, 0.05) is 28.3 Å². The maximum Gasteiger partial charge on any atom is 0.194 e. The van der Waals surface area contributed by atoms with Crippen molar-refractivity contribution >= 4 is 5.78 Å². The summed E-state index contributed by atoms with van der Waals surface area (Å²) >= 11 is 0. The summed E-state index contributed by atoms with van der Waals surface area (Å²) in [4.78, 5) is 12.9. The van der Waals surface area contributed by atoms with Crippen molar-refractivity contribution < 1.29 is 19.0 Å². The molecule has 4 nitrogen and oxygen atoms in total. The zero-order valence-electron chi connectivity index (χ0n) is 14.7. The fourth-order valence-corrected chi connectivity index (χ4v) is 3.00. The van der Waals surface area contributed by atoms with E-state index in [9.17, 15) is 4.79 Å². The van der Waals surface area contributed by atoms with Crippen molar-refractivity contribution in [3.8, 4) is 28.4 Å². The molecule has 0 aromatic heterocycles. The van der Waals surface area contributed by atoms with Gasteiger partial charge in [-0.2, -0.15) is 0 Å². The van der Waals surface area contributed by atoms with E-state index >= 15 is 0 Å². The van der Waals surface area contributed by atoms with E-state index in [-0.39, 0.29) is 18.0 Å². The molecule has 0 bridgehead atoms. The highest BCUT2D eigenvalue weighted by Crippen LogP contribution is 2.49. The Bertz CT molecular complexity index is 790. The molecule has 0 saturated heterocycles. The predicted molar refractivity (Wildman–Crippen MR) is 93.4 cm³/mol. The zero-order chi connectivity index (χ0) is 17.4. The van der Waals surface area contributed by atoms with Gasteiger partial charge >= 0.3 is 0 Å². The van der Waals surface area contributed by atoms with Crippen LogP contribution in [-0.4, -0.2) is 25.1 Å². The molecule has 0 amide bonds. The zero-order valence-corrected chi connectivity index (χ0v) is 14.7. The maximum atomic E-state index is 12.9. The first-order valence-corrected chi connectivity index (χ1v) is 8.15. The second kappa shape index (κ2) is 6.19. The third-order valence-corrected chi connectivity index (χ3v) is 3.80. The fraction of sp³-hybridized carbons (Fsp3) is 0.350. The molecule has 0 heterocycles. The molecule has 0 spiro atoms. The summed E-state index contributed by atoms with van der Waals surface area (Å²) in [5, 5.41) is 0. The van der Waals surface area contributed by atoms with Gasteiger partial charge in [0.05, 0.1) is 19.3 Å². The highest BCUT2D eigenvalue weighted by atomic mass is 16.5. The highest BCUT2D eigenvalue weighted by molar-refractivity contribution is 6.23. The van der Waals surface area contributed by atoms with Gasteiger partial charge in [0.2, 0.25) is 0 Å². The highest BCUT2D eigenvalue weighted by Gasteiger charge is 2.33. The summed E-state index contributed by atoms with van der Waals surface area (Å²) in [6, 6.07) is 9.18. The molecule has 126 valence electrons. The molecule has 0 N–H and O–H groups in total. The maximum absolute atomic E-state index is 12.9. The quantitative estimate of drug-likeness (QED) is 0.693. The summed E-state index contributed by atoms with van der Waals surface area (Å²) in [7, 11) is 1.60. The number of rotatable bonds is 5. The van der Waals surface area contributed by atoms with Gasteiger partial charge in [-0.25, -0.2) is 0 Å². The van der Waals surface area contributed by atoms with Crippen LogP contribution in [0, 0.1) is 0 Å². The number of fused-ring (bicyclic) bond motifs is 3. The second-order valence-electron chi connectivity index (χ2n) is 6.39. The van der Waals surface area contributed by atoms with Crippen LogP contribution >= 0.6 is 0 Å². The molecule has 3 rings (SSSR count). The fourth-order valence-electron chi connectivity index (χ4n) is 3.00. The van der Waals surface area contributed by atoms with Gasteiger partial charge in [-0.1, -0.05) is 12.1 Å². The van der Waals surface area contributed by atoms with E-state index in [1.165, 1.54) is 0 Å². The molecular weight excluding hydrogens is 304 g/mol. The number of ketones is 1. The SMILES string of the molecule is COc1cc(OC(C)C)cc2c1-c1c(OC(C)C)cccc1C2=O. The normalized spacial score (nSPS) is 12.4. The first kappa shape index (κ1) is 16.4. The van der Waals surface area contributed by atoms with Crippen molar-refractivity contribution in [1.82, 2.24) is 0 Å². The lowest BCUT2D eigenvalue weighted by atomic mass is 10.0. The minimum atomic E-state index is -0.0262. The number of hydrogen-bond donors (Lipinski definition) is 0. The standard InChI is InChI=1S/C20H22O4/c1-11(2)23-13-9-15-19(17(10-13)22-5)18-14(20(15)21)7-6-8-16(18)24-12(3)4/h6-12H,1-5H3. The Morgan fingerprint density at radius 1 is 0.833 bits per heavy atom. The van der Waals surface area contributed by atoms with E-state index in [2.05, 4.69) is 0 Å². The Morgan fingerprint density at radius 3 is 2.12 bits per heavy atom. The predicted octanol–water partition coefficient (Wildman–Crippen LogP) is 4.48. The van der Waals surface area contributed by atoms with Crippen LogP contribution in [0.2, 0.25) is 0 Å². The summed E-state index contributed by atoms with van der Waals surface area (Å²) < 4.78 is 17.2. The molecule has 1 aliphatic carbocycles. The molecule has 0 unspecified atom stereocenters. The van der Waals surface area contributed by atoms with Gasteiger partial charge in [0.15, 0.2) is 5.78 Å². The lowest BCUT2D eigenvalue weighted by Gasteiger charge is -2.16. The number of methoxy groups -OCH3 is 1. The minimum Gasteiger partial charge on any atom is -0.496 e. The Labute approximate surface area is 142 Å². The smallest absolute Gasteiger partial charge is 0.194 e. The minimum absolute atomic E-state index is 0.0187. The van der Waals surface area contributed by atoms with Crippen molar-refractivity contribution in [2.45, 2.75) is 39.9 Å². The lowest BCUT2D eigenvalue weighted by molar-refractivity contribution is 0.104. The number of benzene rings is 2. The van der Waals surface area contributed by atoms with Gasteiger partial charge in [-0.05, 0) is 39.8 Å².